The lowest BCUT2D eigenvalue weighted by Gasteiger charge is -2.23. The molecule has 1 aromatic heterocycles. The Labute approximate surface area is 94.2 Å². The van der Waals surface area contributed by atoms with E-state index in [2.05, 4.69) is 16.4 Å². The number of hydrogen-bond donors (Lipinski definition) is 2. The second kappa shape index (κ2) is 4.81. The SMILES string of the molecule is N#Cc1cc(N)cnc1NC1CCCOC1. The van der Waals surface area contributed by atoms with E-state index in [-0.39, 0.29) is 6.04 Å². The van der Waals surface area contributed by atoms with Crippen molar-refractivity contribution in [2.24, 2.45) is 0 Å². The smallest absolute Gasteiger partial charge is 0.144 e. The Balaban J connectivity index is 2.11. The number of pyridine rings is 1. The zero-order chi connectivity index (χ0) is 11.4. The molecule has 0 amide bonds. The van der Waals surface area contributed by atoms with Crippen LogP contribution < -0.4 is 11.1 Å². The molecule has 1 saturated heterocycles. The van der Waals surface area contributed by atoms with Crippen molar-refractivity contribution in [3.05, 3.63) is 17.8 Å². The second-order valence-corrected chi connectivity index (χ2v) is 3.84. The molecule has 0 saturated carbocycles. The van der Waals surface area contributed by atoms with E-state index in [1.165, 1.54) is 0 Å². The highest BCUT2D eigenvalue weighted by Crippen LogP contribution is 2.17. The molecule has 1 aliphatic rings. The number of nitriles is 1. The van der Waals surface area contributed by atoms with Crippen molar-refractivity contribution in [2.45, 2.75) is 18.9 Å². The minimum atomic E-state index is 0.233. The normalized spacial score (nSPS) is 20.1. The summed E-state index contributed by atoms with van der Waals surface area (Å²) in [4.78, 5) is 4.13. The number of rotatable bonds is 2. The lowest BCUT2D eigenvalue weighted by molar-refractivity contribution is 0.0875. The lowest BCUT2D eigenvalue weighted by Crippen LogP contribution is -2.30. The van der Waals surface area contributed by atoms with Gasteiger partial charge < -0.3 is 15.8 Å². The van der Waals surface area contributed by atoms with Gasteiger partial charge in [-0.3, -0.25) is 0 Å². The van der Waals surface area contributed by atoms with Crippen LogP contribution in [0.1, 0.15) is 18.4 Å². The first-order chi connectivity index (χ1) is 7.79. The fourth-order valence-corrected chi connectivity index (χ4v) is 1.73. The third-order valence-electron chi connectivity index (χ3n) is 2.53. The molecule has 1 unspecified atom stereocenters. The van der Waals surface area contributed by atoms with Gasteiger partial charge in [-0.05, 0) is 18.9 Å². The summed E-state index contributed by atoms with van der Waals surface area (Å²) in [7, 11) is 0. The molecule has 3 N–H and O–H groups in total. The van der Waals surface area contributed by atoms with Crippen LogP contribution in [-0.4, -0.2) is 24.2 Å². The van der Waals surface area contributed by atoms with E-state index in [4.69, 9.17) is 15.7 Å². The average molecular weight is 218 g/mol. The maximum absolute atomic E-state index is 8.96. The van der Waals surface area contributed by atoms with Crippen molar-refractivity contribution in [3.8, 4) is 6.07 Å². The number of nitrogen functional groups attached to an aromatic ring is 1. The highest BCUT2D eigenvalue weighted by molar-refractivity contribution is 5.57. The quantitative estimate of drug-likeness (QED) is 0.777. The number of ether oxygens (including phenoxy) is 1. The molecular formula is C11H14N4O. The minimum absolute atomic E-state index is 0.233. The monoisotopic (exact) mass is 218 g/mol. The van der Waals surface area contributed by atoms with E-state index in [1.54, 1.807) is 12.3 Å². The molecule has 0 radical (unpaired) electrons. The first kappa shape index (κ1) is 10.7. The first-order valence-electron chi connectivity index (χ1n) is 5.29. The second-order valence-electron chi connectivity index (χ2n) is 3.84. The molecular weight excluding hydrogens is 204 g/mol. The number of nitrogens with two attached hydrogens (primary N) is 1. The lowest BCUT2D eigenvalue weighted by atomic mass is 10.1. The van der Waals surface area contributed by atoms with E-state index >= 15 is 0 Å². The van der Waals surface area contributed by atoms with Crippen LogP contribution in [0.4, 0.5) is 11.5 Å². The van der Waals surface area contributed by atoms with Crippen molar-refractivity contribution >= 4 is 11.5 Å². The Bertz CT molecular complexity index is 407. The molecule has 2 rings (SSSR count). The van der Waals surface area contributed by atoms with Gasteiger partial charge in [-0.1, -0.05) is 0 Å². The van der Waals surface area contributed by atoms with Gasteiger partial charge in [0.25, 0.3) is 0 Å². The average Bonchev–Trinajstić information content (AvgIpc) is 2.33. The third kappa shape index (κ3) is 2.41. The highest BCUT2D eigenvalue weighted by Gasteiger charge is 2.15. The molecule has 0 bridgehead atoms. The minimum Gasteiger partial charge on any atom is -0.397 e. The highest BCUT2D eigenvalue weighted by atomic mass is 16.5. The van der Waals surface area contributed by atoms with Gasteiger partial charge in [0.15, 0.2) is 0 Å². The van der Waals surface area contributed by atoms with E-state index in [9.17, 15) is 0 Å². The van der Waals surface area contributed by atoms with Crippen molar-refractivity contribution in [2.75, 3.05) is 24.3 Å². The van der Waals surface area contributed by atoms with E-state index in [0.29, 0.717) is 23.7 Å². The van der Waals surface area contributed by atoms with Gasteiger partial charge in [0.2, 0.25) is 0 Å². The molecule has 1 fully saturated rings. The summed E-state index contributed by atoms with van der Waals surface area (Å²) in [5.74, 6) is 0.590. The number of nitrogens with zero attached hydrogens (tertiary/aromatic N) is 2. The van der Waals surface area contributed by atoms with Crippen LogP contribution in [0, 0.1) is 11.3 Å². The van der Waals surface area contributed by atoms with Gasteiger partial charge in [0, 0.05) is 6.61 Å². The summed E-state index contributed by atoms with van der Waals surface area (Å²) in [5.41, 5.74) is 6.55. The van der Waals surface area contributed by atoms with Crippen LogP contribution in [0.5, 0.6) is 0 Å². The molecule has 84 valence electrons. The zero-order valence-corrected chi connectivity index (χ0v) is 8.94. The molecule has 0 aliphatic carbocycles. The molecule has 2 heterocycles. The van der Waals surface area contributed by atoms with Gasteiger partial charge in [-0.15, -0.1) is 0 Å². The van der Waals surface area contributed by atoms with Crippen LogP contribution in [0.3, 0.4) is 0 Å². The summed E-state index contributed by atoms with van der Waals surface area (Å²) in [6, 6.07) is 3.94. The predicted molar refractivity (Wildman–Crippen MR) is 60.8 cm³/mol. The van der Waals surface area contributed by atoms with Crippen molar-refractivity contribution in [3.63, 3.8) is 0 Å². The summed E-state index contributed by atoms with van der Waals surface area (Å²) in [6.07, 6.45) is 3.62. The molecule has 0 spiro atoms. The Hall–Kier alpha value is -1.80. The van der Waals surface area contributed by atoms with Crippen LogP contribution in [0.15, 0.2) is 12.3 Å². The summed E-state index contributed by atoms with van der Waals surface area (Å²) >= 11 is 0. The van der Waals surface area contributed by atoms with Gasteiger partial charge >= 0.3 is 0 Å². The topological polar surface area (TPSA) is 84.0 Å². The van der Waals surface area contributed by atoms with E-state index in [0.717, 1.165) is 19.4 Å². The van der Waals surface area contributed by atoms with E-state index < -0.39 is 0 Å². The molecule has 1 atom stereocenters. The van der Waals surface area contributed by atoms with Crippen molar-refractivity contribution in [1.29, 1.82) is 5.26 Å². The number of aromatic nitrogens is 1. The number of hydrogen-bond acceptors (Lipinski definition) is 5. The maximum atomic E-state index is 8.96. The van der Waals surface area contributed by atoms with Gasteiger partial charge in [-0.25, -0.2) is 4.98 Å². The van der Waals surface area contributed by atoms with Gasteiger partial charge in [0.05, 0.1) is 30.1 Å². The molecule has 1 aromatic rings. The van der Waals surface area contributed by atoms with E-state index in [1.807, 2.05) is 0 Å². The largest absolute Gasteiger partial charge is 0.397 e. The first-order valence-corrected chi connectivity index (χ1v) is 5.29. The number of nitrogens with one attached hydrogen (secondary N) is 1. The van der Waals surface area contributed by atoms with Crippen LogP contribution in [-0.2, 0) is 4.74 Å². The summed E-state index contributed by atoms with van der Waals surface area (Å²) in [6.45, 7) is 1.48. The summed E-state index contributed by atoms with van der Waals surface area (Å²) < 4.78 is 5.35. The van der Waals surface area contributed by atoms with Crippen LogP contribution >= 0.6 is 0 Å². The fourth-order valence-electron chi connectivity index (χ4n) is 1.73. The van der Waals surface area contributed by atoms with Gasteiger partial charge in [0.1, 0.15) is 11.9 Å². The third-order valence-corrected chi connectivity index (χ3v) is 2.53. The number of anilines is 2. The Morgan fingerprint density at radius 2 is 2.50 bits per heavy atom. The molecule has 5 nitrogen and oxygen atoms in total. The maximum Gasteiger partial charge on any atom is 0.144 e. The standard InChI is InChI=1S/C11H14N4O/c12-5-8-4-9(13)6-14-11(8)15-10-2-1-3-16-7-10/h4,6,10H,1-3,7,13H2,(H,14,15). The molecule has 16 heavy (non-hydrogen) atoms. The van der Waals surface area contributed by atoms with Crippen LogP contribution in [0.25, 0.3) is 0 Å². The van der Waals surface area contributed by atoms with Crippen molar-refractivity contribution < 1.29 is 4.74 Å². The molecule has 0 aromatic carbocycles. The zero-order valence-electron chi connectivity index (χ0n) is 8.94. The molecule has 1 aliphatic heterocycles. The van der Waals surface area contributed by atoms with Crippen LogP contribution in [0.2, 0.25) is 0 Å². The fraction of sp³-hybridized carbons (Fsp3) is 0.455. The van der Waals surface area contributed by atoms with Crippen molar-refractivity contribution in [1.82, 2.24) is 4.98 Å². The van der Waals surface area contributed by atoms with Gasteiger partial charge in [-0.2, -0.15) is 5.26 Å². The Kier molecular flexibility index (Phi) is 3.22. The summed E-state index contributed by atoms with van der Waals surface area (Å²) in [5, 5.41) is 12.2. The Morgan fingerprint density at radius 1 is 1.62 bits per heavy atom. The predicted octanol–water partition coefficient (Wildman–Crippen LogP) is 1.13. The Morgan fingerprint density at radius 3 is 3.19 bits per heavy atom. The molecule has 5 heteroatoms.